The monoisotopic (exact) mass is 264 g/mol. The van der Waals surface area contributed by atoms with Gasteiger partial charge in [0.05, 0.1) is 11.3 Å². The zero-order valence-corrected chi connectivity index (χ0v) is 11.2. The maximum Gasteiger partial charge on any atom is 0.157 e. The van der Waals surface area contributed by atoms with E-state index in [1.807, 2.05) is 60.7 Å². The number of aldehydes is 1. The minimum absolute atomic E-state index is 0.0323. The molecule has 0 amide bonds. The van der Waals surface area contributed by atoms with Crippen LogP contribution in [-0.2, 0) is 15.0 Å². The van der Waals surface area contributed by atoms with Crippen LogP contribution in [0.25, 0.3) is 0 Å². The van der Waals surface area contributed by atoms with E-state index in [1.54, 1.807) is 0 Å². The third-order valence-electron chi connectivity index (χ3n) is 4.29. The fourth-order valence-electron chi connectivity index (χ4n) is 3.26. The maximum atomic E-state index is 12.8. The molecule has 0 aliphatic heterocycles. The van der Waals surface area contributed by atoms with Crippen molar-refractivity contribution < 1.29 is 9.59 Å². The Balaban J connectivity index is 2.20. The van der Waals surface area contributed by atoms with Gasteiger partial charge in [0.25, 0.3) is 0 Å². The quantitative estimate of drug-likeness (QED) is 0.630. The highest BCUT2D eigenvalue weighted by Gasteiger charge is 2.49. The number of hydrogen-bond acceptors (Lipinski definition) is 2. The standard InChI is InChI=1S/C18H16O2/c19-13-14-11-12-18(17(14)20,15-7-3-1-4-8-15)16-9-5-2-6-10-16/h1-10,13-14H,11-12H2. The first-order valence-corrected chi connectivity index (χ1v) is 6.90. The number of benzene rings is 2. The molecule has 0 N–H and O–H groups in total. The molecular weight excluding hydrogens is 248 g/mol. The molecule has 0 saturated heterocycles. The van der Waals surface area contributed by atoms with Crippen molar-refractivity contribution in [1.29, 1.82) is 0 Å². The van der Waals surface area contributed by atoms with Gasteiger partial charge >= 0.3 is 0 Å². The second-order valence-corrected chi connectivity index (χ2v) is 5.28. The molecule has 2 aromatic rings. The van der Waals surface area contributed by atoms with Crippen molar-refractivity contribution in [2.24, 2.45) is 5.92 Å². The highest BCUT2D eigenvalue weighted by atomic mass is 16.1. The van der Waals surface area contributed by atoms with Crippen molar-refractivity contribution in [3.8, 4) is 0 Å². The van der Waals surface area contributed by atoms with E-state index in [-0.39, 0.29) is 5.78 Å². The number of carbonyl (C=O) groups excluding carboxylic acids is 2. The molecule has 100 valence electrons. The van der Waals surface area contributed by atoms with Gasteiger partial charge in [-0.15, -0.1) is 0 Å². The second kappa shape index (κ2) is 5.04. The van der Waals surface area contributed by atoms with E-state index in [9.17, 15) is 9.59 Å². The minimum Gasteiger partial charge on any atom is -0.303 e. The van der Waals surface area contributed by atoms with E-state index in [0.29, 0.717) is 12.8 Å². The average Bonchev–Trinajstić information content (AvgIpc) is 2.87. The van der Waals surface area contributed by atoms with Gasteiger partial charge in [0.2, 0.25) is 0 Å². The zero-order chi connectivity index (χ0) is 14.0. The van der Waals surface area contributed by atoms with Crippen molar-refractivity contribution in [1.82, 2.24) is 0 Å². The van der Waals surface area contributed by atoms with E-state index < -0.39 is 11.3 Å². The molecule has 2 nitrogen and oxygen atoms in total. The highest BCUT2D eigenvalue weighted by molar-refractivity contribution is 6.04. The van der Waals surface area contributed by atoms with Gasteiger partial charge in [0, 0.05) is 0 Å². The van der Waals surface area contributed by atoms with Gasteiger partial charge in [-0.25, -0.2) is 0 Å². The first-order valence-electron chi connectivity index (χ1n) is 6.90. The Morgan fingerprint density at radius 1 is 0.900 bits per heavy atom. The molecule has 1 saturated carbocycles. The Morgan fingerprint density at radius 2 is 1.40 bits per heavy atom. The van der Waals surface area contributed by atoms with Crippen molar-refractivity contribution in [3.63, 3.8) is 0 Å². The van der Waals surface area contributed by atoms with Crippen LogP contribution < -0.4 is 0 Å². The Bertz CT molecular complexity index is 577. The molecule has 1 aliphatic rings. The van der Waals surface area contributed by atoms with Gasteiger partial charge in [-0.05, 0) is 24.0 Å². The molecule has 1 fully saturated rings. The summed E-state index contributed by atoms with van der Waals surface area (Å²) in [6.07, 6.45) is 2.13. The predicted molar refractivity (Wildman–Crippen MR) is 77.5 cm³/mol. The van der Waals surface area contributed by atoms with Gasteiger partial charge in [0.1, 0.15) is 6.29 Å². The fraction of sp³-hybridized carbons (Fsp3) is 0.222. The summed E-state index contributed by atoms with van der Waals surface area (Å²) in [6.45, 7) is 0. The Kier molecular flexibility index (Phi) is 3.23. The van der Waals surface area contributed by atoms with E-state index >= 15 is 0 Å². The molecule has 2 aromatic carbocycles. The van der Waals surface area contributed by atoms with Crippen LogP contribution in [0.2, 0.25) is 0 Å². The van der Waals surface area contributed by atoms with Crippen LogP contribution >= 0.6 is 0 Å². The maximum absolute atomic E-state index is 12.8. The molecule has 0 radical (unpaired) electrons. The lowest BCUT2D eigenvalue weighted by Crippen LogP contribution is -2.35. The summed E-state index contributed by atoms with van der Waals surface area (Å²) >= 11 is 0. The first kappa shape index (κ1) is 12.8. The Labute approximate surface area is 118 Å². The highest BCUT2D eigenvalue weighted by Crippen LogP contribution is 2.45. The molecule has 2 heteroatoms. The van der Waals surface area contributed by atoms with Crippen molar-refractivity contribution in [2.75, 3.05) is 0 Å². The first-order chi connectivity index (χ1) is 9.79. The molecule has 20 heavy (non-hydrogen) atoms. The van der Waals surface area contributed by atoms with Crippen LogP contribution in [0.4, 0.5) is 0 Å². The SMILES string of the molecule is O=CC1CCC(c2ccccc2)(c2ccccc2)C1=O. The normalized spacial score (nSPS) is 20.8. The van der Waals surface area contributed by atoms with Gasteiger partial charge < -0.3 is 4.79 Å². The third kappa shape index (κ3) is 1.80. The lowest BCUT2D eigenvalue weighted by atomic mass is 9.72. The molecule has 3 rings (SSSR count). The summed E-state index contributed by atoms with van der Waals surface area (Å²) in [7, 11) is 0. The lowest BCUT2D eigenvalue weighted by molar-refractivity contribution is -0.127. The summed E-state index contributed by atoms with van der Waals surface area (Å²) in [5.41, 5.74) is 1.31. The third-order valence-corrected chi connectivity index (χ3v) is 4.29. The summed E-state index contributed by atoms with van der Waals surface area (Å²) in [4.78, 5) is 24.0. The van der Waals surface area contributed by atoms with Crippen LogP contribution in [0.1, 0.15) is 24.0 Å². The van der Waals surface area contributed by atoms with Crippen LogP contribution in [-0.4, -0.2) is 12.1 Å². The van der Waals surface area contributed by atoms with Crippen LogP contribution in [0.3, 0.4) is 0 Å². The molecule has 1 unspecified atom stereocenters. The van der Waals surface area contributed by atoms with Crippen LogP contribution in [0.5, 0.6) is 0 Å². The molecule has 0 spiro atoms. The van der Waals surface area contributed by atoms with E-state index in [2.05, 4.69) is 0 Å². The second-order valence-electron chi connectivity index (χ2n) is 5.28. The van der Waals surface area contributed by atoms with E-state index in [4.69, 9.17) is 0 Å². The number of carbonyl (C=O) groups is 2. The van der Waals surface area contributed by atoms with Crippen LogP contribution in [0, 0.1) is 5.92 Å². The van der Waals surface area contributed by atoms with Crippen molar-refractivity contribution >= 4 is 12.1 Å². The topological polar surface area (TPSA) is 34.1 Å². The number of ketones is 1. The molecule has 0 heterocycles. The van der Waals surface area contributed by atoms with Gasteiger partial charge in [0.15, 0.2) is 5.78 Å². The summed E-state index contributed by atoms with van der Waals surface area (Å²) < 4.78 is 0. The van der Waals surface area contributed by atoms with E-state index in [0.717, 1.165) is 17.4 Å². The summed E-state index contributed by atoms with van der Waals surface area (Å²) in [6, 6.07) is 19.6. The zero-order valence-electron chi connectivity index (χ0n) is 11.2. The lowest BCUT2D eigenvalue weighted by Gasteiger charge is -2.29. The van der Waals surface area contributed by atoms with Crippen molar-refractivity contribution in [2.45, 2.75) is 18.3 Å². The number of rotatable bonds is 3. The smallest absolute Gasteiger partial charge is 0.157 e. The largest absolute Gasteiger partial charge is 0.303 e. The average molecular weight is 264 g/mol. The molecule has 1 atom stereocenters. The Morgan fingerprint density at radius 3 is 1.80 bits per heavy atom. The fourth-order valence-corrected chi connectivity index (χ4v) is 3.26. The number of Topliss-reactive ketones (excluding diaryl/α,β-unsaturated/α-hetero) is 1. The van der Waals surface area contributed by atoms with Crippen LogP contribution in [0.15, 0.2) is 60.7 Å². The summed E-state index contributed by atoms with van der Waals surface area (Å²) in [5.74, 6) is -0.444. The molecular formula is C18H16O2. The molecule has 0 bridgehead atoms. The van der Waals surface area contributed by atoms with E-state index in [1.165, 1.54) is 0 Å². The van der Waals surface area contributed by atoms with Gasteiger partial charge in [-0.2, -0.15) is 0 Å². The summed E-state index contributed by atoms with van der Waals surface area (Å²) in [5, 5.41) is 0. The van der Waals surface area contributed by atoms with Crippen molar-refractivity contribution in [3.05, 3.63) is 71.8 Å². The minimum atomic E-state index is -0.659. The van der Waals surface area contributed by atoms with Gasteiger partial charge in [-0.3, -0.25) is 4.79 Å². The Hall–Kier alpha value is -2.22. The number of hydrogen-bond donors (Lipinski definition) is 0. The van der Waals surface area contributed by atoms with Gasteiger partial charge in [-0.1, -0.05) is 60.7 Å². The molecule has 0 aromatic heterocycles. The molecule has 1 aliphatic carbocycles. The predicted octanol–water partition coefficient (Wildman–Crippen LogP) is 3.15.